The number of carbonyl (C=O) groups is 1. The molecule has 0 spiro atoms. The van der Waals surface area contributed by atoms with Crippen molar-refractivity contribution in [2.24, 2.45) is 5.92 Å². The quantitative estimate of drug-likeness (QED) is 0.864. The molecule has 18 heavy (non-hydrogen) atoms. The second-order valence-corrected chi connectivity index (χ2v) is 4.80. The van der Waals surface area contributed by atoms with Gasteiger partial charge in [0.1, 0.15) is 6.07 Å². The topological polar surface area (TPSA) is 56.1 Å². The predicted octanol–water partition coefficient (Wildman–Crippen LogP) is 2.08. The molecule has 1 N–H and O–H groups in total. The van der Waals surface area contributed by atoms with E-state index in [4.69, 9.17) is 5.26 Å². The standard InChI is InChI=1S/C14H19N3O/c1-11(2)9-17(3)10-14(18)16-13-7-5-4-6-12(13)8-15/h4-7,11H,9-10H2,1-3H3,(H,16,18). The molecular weight excluding hydrogens is 226 g/mol. The molecule has 1 aromatic carbocycles. The molecule has 0 aliphatic carbocycles. The van der Waals surface area contributed by atoms with Gasteiger partial charge in [-0.15, -0.1) is 0 Å². The van der Waals surface area contributed by atoms with Crippen LogP contribution in [0.5, 0.6) is 0 Å². The molecule has 1 rings (SSSR count). The number of carbonyl (C=O) groups excluding carboxylic acids is 1. The summed E-state index contributed by atoms with van der Waals surface area (Å²) >= 11 is 0. The van der Waals surface area contributed by atoms with Crippen molar-refractivity contribution in [3.8, 4) is 6.07 Å². The maximum Gasteiger partial charge on any atom is 0.238 e. The summed E-state index contributed by atoms with van der Waals surface area (Å²) in [6.45, 7) is 5.42. The second kappa shape index (κ2) is 6.77. The van der Waals surface area contributed by atoms with Gasteiger partial charge in [0, 0.05) is 6.54 Å². The van der Waals surface area contributed by atoms with Crippen molar-refractivity contribution >= 4 is 11.6 Å². The molecule has 0 fully saturated rings. The summed E-state index contributed by atoms with van der Waals surface area (Å²) < 4.78 is 0. The van der Waals surface area contributed by atoms with E-state index >= 15 is 0 Å². The van der Waals surface area contributed by atoms with Gasteiger partial charge in [-0.25, -0.2) is 0 Å². The third kappa shape index (κ3) is 4.56. The number of benzene rings is 1. The van der Waals surface area contributed by atoms with Gasteiger partial charge in [-0.1, -0.05) is 26.0 Å². The number of nitriles is 1. The van der Waals surface area contributed by atoms with Crippen LogP contribution in [0.15, 0.2) is 24.3 Å². The number of likely N-dealkylation sites (N-methyl/N-ethyl adjacent to an activating group) is 1. The number of hydrogen-bond donors (Lipinski definition) is 1. The van der Waals surface area contributed by atoms with E-state index in [0.29, 0.717) is 23.7 Å². The Hall–Kier alpha value is -1.86. The highest BCUT2D eigenvalue weighted by atomic mass is 16.2. The van der Waals surface area contributed by atoms with Crippen molar-refractivity contribution in [2.45, 2.75) is 13.8 Å². The summed E-state index contributed by atoms with van der Waals surface area (Å²) in [4.78, 5) is 13.8. The average molecular weight is 245 g/mol. The monoisotopic (exact) mass is 245 g/mol. The fourth-order valence-corrected chi connectivity index (χ4v) is 1.81. The van der Waals surface area contributed by atoms with Gasteiger partial charge in [0.15, 0.2) is 0 Å². The van der Waals surface area contributed by atoms with E-state index in [1.807, 2.05) is 11.9 Å². The Morgan fingerprint density at radius 2 is 2.11 bits per heavy atom. The molecule has 4 nitrogen and oxygen atoms in total. The molecule has 96 valence electrons. The minimum atomic E-state index is -0.0964. The van der Waals surface area contributed by atoms with Crippen molar-refractivity contribution in [3.05, 3.63) is 29.8 Å². The molecule has 0 heterocycles. The Morgan fingerprint density at radius 3 is 2.72 bits per heavy atom. The SMILES string of the molecule is CC(C)CN(C)CC(=O)Nc1ccccc1C#N. The number of para-hydroxylation sites is 1. The lowest BCUT2D eigenvalue weighted by molar-refractivity contribution is -0.117. The van der Waals surface area contributed by atoms with Crippen molar-refractivity contribution in [2.75, 3.05) is 25.5 Å². The van der Waals surface area contributed by atoms with E-state index < -0.39 is 0 Å². The van der Waals surface area contributed by atoms with E-state index in [1.165, 1.54) is 0 Å². The van der Waals surface area contributed by atoms with E-state index in [1.54, 1.807) is 24.3 Å². The number of amides is 1. The Kier molecular flexibility index (Phi) is 5.34. The Labute approximate surface area is 108 Å². The first-order valence-corrected chi connectivity index (χ1v) is 6.00. The lowest BCUT2D eigenvalue weighted by atomic mass is 10.2. The Morgan fingerprint density at radius 1 is 1.44 bits per heavy atom. The van der Waals surface area contributed by atoms with Gasteiger partial charge in [0.25, 0.3) is 0 Å². The molecule has 0 radical (unpaired) electrons. The molecule has 0 aliphatic heterocycles. The molecule has 0 saturated heterocycles. The number of rotatable bonds is 5. The molecule has 0 unspecified atom stereocenters. The van der Waals surface area contributed by atoms with E-state index in [9.17, 15) is 4.79 Å². The maximum absolute atomic E-state index is 11.8. The van der Waals surface area contributed by atoms with Crippen molar-refractivity contribution in [1.82, 2.24) is 4.90 Å². The molecule has 0 aliphatic rings. The molecule has 0 aromatic heterocycles. The number of nitrogens with zero attached hydrogens (tertiary/aromatic N) is 2. The van der Waals surface area contributed by atoms with Gasteiger partial charge in [-0.05, 0) is 25.1 Å². The van der Waals surface area contributed by atoms with Crippen molar-refractivity contribution in [1.29, 1.82) is 5.26 Å². The van der Waals surface area contributed by atoms with Gasteiger partial charge in [0.2, 0.25) is 5.91 Å². The zero-order valence-electron chi connectivity index (χ0n) is 11.1. The highest BCUT2D eigenvalue weighted by molar-refractivity contribution is 5.93. The molecule has 0 bridgehead atoms. The highest BCUT2D eigenvalue weighted by Crippen LogP contribution is 2.13. The van der Waals surface area contributed by atoms with Gasteiger partial charge in [-0.3, -0.25) is 9.69 Å². The summed E-state index contributed by atoms with van der Waals surface area (Å²) in [5.41, 5.74) is 1.06. The Bertz CT molecular complexity index is 449. The predicted molar refractivity (Wildman–Crippen MR) is 72.1 cm³/mol. The Balaban J connectivity index is 2.57. The third-order valence-corrected chi connectivity index (χ3v) is 2.41. The molecule has 1 aromatic rings. The number of anilines is 1. The van der Waals surface area contributed by atoms with Crippen LogP contribution in [-0.4, -0.2) is 30.9 Å². The van der Waals surface area contributed by atoms with E-state index in [0.717, 1.165) is 6.54 Å². The van der Waals surface area contributed by atoms with Crippen LogP contribution in [0, 0.1) is 17.2 Å². The molecule has 0 atom stereocenters. The summed E-state index contributed by atoms with van der Waals surface area (Å²) in [6, 6.07) is 9.06. The van der Waals surface area contributed by atoms with Crippen LogP contribution in [0.1, 0.15) is 19.4 Å². The number of nitrogens with one attached hydrogen (secondary N) is 1. The first-order valence-electron chi connectivity index (χ1n) is 6.00. The minimum absolute atomic E-state index is 0.0964. The van der Waals surface area contributed by atoms with Gasteiger partial charge in [-0.2, -0.15) is 5.26 Å². The summed E-state index contributed by atoms with van der Waals surface area (Å²) in [5.74, 6) is 0.426. The normalized spacial score (nSPS) is 10.4. The fraction of sp³-hybridized carbons (Fsp3) is 0.429. The first kappa shape index (κ1) is 14.2. The summed E-state index contributed by atoms with van der Waals surface area (Å²) in [6.07, 6.45) is 0. The summed E-state index contributed by atoms with van der Waals surface area (Å²) in [5, 5.41) is 11.7. The zero-order valence-corrected chi connectivity index (χ0v) is 11.1. The van der Waals surface area contributed by atoms with Crippen molar-refractivity contribution in [3.63, 3.8) is 0 Å². The van der Waals surface area contributed by atoms with Crippen LogP contribution in [0.2, 0.25) is 0 Å². The second-order valence-electron chi connectivity index (χ2n) is 4.80. The van der Waals surface area contributed by atoms with E-state index in [2.05, 4.69) is 25.2 Å². The first-order chi connectivity index (χ1) is 8.52. The molecular formula is C14H19N3O. The van der Waals surface area contributed by atoms with Gasteiger partial charge >= 0.3 is 0 Å². The van der Waals surface area contributed by atoms with Crippen LogP contribution in [0.4, 0.5) is 5.69 Å². The summed E-state index contributed by atoms with van der Waals surface area (Å²) in [7, 11) is 1.91. The van der Waals surface area contributed by atoms with Crippen molar-refractivity contribution < 1.29 is 4.79 Å². The van der Waals surface area contributed by atoms with Crippen LogP contribution >= 0.6 is 0 Å². The van der Waals surface area contributed by atoms with Gasteiger partial charge < -0.3 is 5.32 Å². The highest BCUT2D eigenvalue weighted by Gasteiger charge is 2.09. The van der Waals surface area contributed by atoms with Crippen LogP contribution in [0.3, 0.4) is 0 Å². The lowest BCUT2D eigenvalue weighted by Crippen LogP contribution is -2.32. The lowest BCUT2D eigenvalue weighted by Gasteiger charge is -2.18. The van der Waals surface area contributed by atoms with Crippen LogP contribution in [-0.2, 0) is 4.79 Å². The molecule has 4 heteroatoms. The minimum Gasteiger partial charge on any atom is -0.324 e. The molecule has 0 saturated carbocycles. The smallest absolute Gasteiger partial charge is 0.238 e. The maximum atomic E-state index is 11.8. The van der Waals surface area contributed by atoms with Gasteiger partial charge in [0.05, 0.1) is 17.8 Å². The van der Waals surface area contributed by atoms with Crippen LogP contribution < -0.4 is 5.32 Å². The largest absolute Gasteiger partial charge is 0.324 e. The third-order valence-electron chi connectivity index (χ3n) is 2.41. The zero-order chi connectivity index (χ0) is 13.5. The van der Waals surface area contributed by atoms with Crippen LogP contribution in [0.25, 0.3) is 0 Å². The van der Waals surface area contributed by atoms with E-state index in [-0.39, 0.29) is 5.91 Å². The average Bonchev–Trinajstić information content (AvgIpc) is 2.28. The number of hydrogen-bond acceptors (Lipinski definition) is 3. The molecule has 1 amide bonds. The fourth-order valence-electron chi connectivity index (χ4n) is 1.81.